The van der Waals surface area contributed by atoms with Crippen LogP contribution in [-0.4, -0.2) is 87.7 Å². The van der Waals surface area contributed by atoms with Crippen molar-refractivity contribution in [2.45, 2.75) is 117 Å². The second-order valence-electron chi connectivity index (χ2n) is 14.2. The first-order valence-corrected chi connectivity index (χ1v) is 18.2. The lowest BCUT2D eigenvalue weighted by molar-refractivity contribution is -0.156. The van der Waals surface area contributed by atoms with Crippen LogP contribution in [-0.2, 0) is 35.1 Å². The van der Waals surface area contributed by atoms with E-state index in [2.05, 4.69) is 16.1 Å². The van der Waals surface area contributed by atoms with Gasteiger partial charge in [0.1, 0.15) is 30.0 Å². The zero-order chi connectivity index (χ0) is 38.5. The van der Waals surface area contributed by atoms with Crippen LogP contribution in [0.1, 0.15) is 79.2 Å². The Kier molecular flexibility index (Phi) is 16.2. The summed E-state index contributed by atoms with van der Waals surface area (Å²) >= 11 is 0. The first kappa shape index (κ1) is 42.1. The number of cyclic esters (lactones) is 1. The number of nitrogens with zero attached hydrogens (tertiary/aromatic N) is 1. The number of hydrogen-bond acceptors (Lipinski definition) is 10. The van der Waals surface area contributed by atoms with E-state index < -0.39 is 77.9 Å². The normalized spacial score (nSPS) is 30.3. The smallest absolute Gasteiger partial charge is 0.325 e. The van der Waals surface area contributed by atoms with E-state index in [0.29, 0.717) is 30.5 Å². The summed E-state index contributed by atoms with van der Waals surface area (Å²) in [5, 5.41) is 29.3. The fraction of sp³-hybridized carbons (Fsp3) is 0.564. The number of carbonyl (C=O) groups is 5. The summed E-state index contributed by atoms with van der Waals surface area (Å²) in [4.78, 5) is 67.4. The number of nitrogen functional groups attached to an aromatic ring is 1. The highest BCUT2D eigenvalue weighted by atomic mass is 16.5. The molecule has 1 unspecified atom stereocenters. The molecule has 1 aromatic rings. The van der Waals surface area contributed by atoms with E-state index >= 15 is 0 Å². The Bertz CT molecular complexity index is 1510. The molecule has 7 N–H and O–H groups in total. The van der Waals surface area contributed by atoms with Crippen LogP contribution in [0, 0.1) is 17.8 Å². The number of ether oxygens (including phenoxy) is 1. The summed E-state index contributed by atoms with van der Waals surface area (Å²) in [7, 11) is 0. The molecule has 0 radical (unpaired) electrons. The average Bonchev–Trinajstić information content (AvgIpc) is 3.11. The molecule has 13 nitrogen and oxygen atoms in total. The first-order valence-electron chi connectivity index (χ1n) is 18.2. The number of aliphatic hydroxyl groups excluding tert-OH is 2. The fourth-order valence-electron chi connectivity index (χ4n) is 6.27. The number of amides is 3. The molecule has 3 amide bonds. The summed E-state index contributed by atoms with van der Waals surface area (Å²) in [6.07, 6.45) is 6.70. The molecule has 2 bridgehead atoms. The Morgan fingerprint density at radius 1 is 1.10 bits per heavy atom. The van der Waals surface area contributed by atoms with Gasteiger partial charge in [0.2, 0.25) is 11.8 Å². The molecule has 0 aromatic heterocycles. The van der Waals surface area contributed by atoms with Crippen LogP contribution in [0.15, 0.2) is 60.2 Å². The van der Waals surface area contributed by atoms with Crippen molar-refractivity contribution in [2.24, 2.45) is 17.8 Å². The van der Waals surface area contributed by atoms with Gasteiger partial charge in [-0.25, -0.2) is 5.43 Å². The van der Waals surface area contributed by atoms with E-state index in [1.807, 2.05) is 19.9 Å². The van der Waals surface area contributed by atoms with Gasteiger partial charge in [-0.15, -0.1) is 0 Å². The van der Waals surface area contributed by atoms with Gasteiger partial charge in [-0.05, 0) is 69.2 Å². The summed E-state index contributed by atoms with van der Waals surface area (Å²) in [6, 6.07) is 3.89. The molecule has 52 heavy (non-hydrogen) atoms. The highest BCUT2D eigenvalue weighted by molar-refractivity contribution is 5.93. The predicted molar refractivity (Wildman–Crippen MR) is 198 cm³/mol. The average molecular weight is 724 g/mol. The van der Waals surface area contributed by atoms with Gasteiger partial charge in [-0.3, -0.25) is 24.2 Å². The lowest BCUT2D eigenvalue weighted by Gasteiger charge is -2.36. The van der Waals surface area contributed by atoms with Gasteiger partial charge >= 0.3 is 5.97 Å². The number of ketones is 1. The molecule has 1 aromatic carbocycles. The minimum Gasteiger partial charge on any atom is -0.456 e. The van der Waals surface area contributed by atoms with Crippen LogP contribution < -0.4 is 21.8 Å². The molecule has 3 rings (SSSR count). The molecule has 8 atom stereocenters. The van der Waals surface area contributed by atoms with Crippen molar-refractivity contribution in [3.05, 3.63) is 65.8 Å². The van der Waals surface area contributed by atoms with E-state index in [0.717, 1.165) is 5.57 Å². The predicted octanol–water partition coefficient (Wildman–Crippen LogP) is 2.67. The summed E-state index contributed by atoms with van der Waals surface area (Å²) in [5.74, 6) is -4.86. The molecule has 2 aliphatic rings. The molecule has 0 spiro atoms. The number of rotatable bonds is 7. The second-order valence-corrected chi connectivity index (χ2v) is 14.2. The maximum absolute atomic E-state index is 14.2. The van der Waals surface area contributed by atoms with Crippen molar-refractivity contribution in [3.63, 3.8) is 0 Å². The molecule has 1 fully saturated rings. The number of Topliss-reactive ketones (excluding diaryl/α,β-unsaturated/α-hetero) is 1. The minimum atomic E-state index is -1.37. The van der Waals surface area contributed by atoms with Crippen LogP contribution in [0.4, 0.5) is 5.69 Å². The number of aliphatic hydroxyl groups is 2. The lowest BCUT2D eigenvalue weighted by Crippen LogP contribution is -2.62. The number of carbonyl (C=O) groups excluding carboxylic acids is 5. The Hall–Kier alpha value is -4.33. The van der Waals surface area contributed by atoms with Crippen molar-refractivity contribution in [1.29, 1.82) is 0 Å². The van der Waals surface area contributed by atoms with Crippen LogP contribution in [0.25, 0.3) is 0 Å². The Morgan fingerprint density at radius 3 is 2.48 bits per heavy atom. The molecule has 13 heteroatoms. The number of hydrazine groups is 1. The van der Waals surface area contributed by atoms with E-state index in [9.17, 15) is 34.2 Å². The van der Waals surface area contributed by atoms with Gasteiger partial charge in [-0.1, -0.05) is 63.3 Å². The molecular weight excluding hydrogens is 666 g/mol. The van der Waals surface area contributed by atoms with Gasteiger partial charge in [0, 0.05) is 37.4 Å². The minimum absolute atomic E-state index is 0.00180. The molecular formula is C39H57N5O8. The molecule has 0 saturated carbocycles. The second kappa shape index (κ2) is 20.1. The number of nitrogens with one attached hydrogen (secondary N) is 3. The zero-order valence-corrected chi connectivity index (χ0v) is 31.2. The third-order valence-corrected chi connectivity index (χ3v) is 9.75. The lowest BCUT2D eigenvalue weighted by atomic mass is 9.84. The number of fused-ring (bicyclic) bond motifs is 2. The van der Waals surface area contributed by atoms with Crippen molar-refractivity contribution in [2.75, 3.05) is 12.3 Å². The van der Waals surface area contributed by atoms with E-state index in [1.165, 1.54) is 18.0 Å². The maximum atomic E-state index is 14.2. The topological polar surface area (TPSA) is 200 Å². The number of benzene rings is 1. The number of hydrogen-bond donors (Lipinski definition) is 6. The van der Waals surface area contributed by atoms with Gasteiger partial charge in [0.05, 0.1) is 18.1 Å². The molecule has 286 valence electrons. The number of allylic oxidation sites excluding steroid dienone is 3. The van der Waals surface area contributed by atoms with Crippen molar-refractivity contribution >= 4 is 35.2 Å². The largest absolute Gasteiger partial charge is 0.456 e. The van der Waals surface area contributed by atoms with Crippen molar-refractivity contribution < 1.29 is 38.9 Å². The zero-order valence-electron chi connectivity index (χ0n) is 31.2. The highest BCUT2D eigenvalue weighted by Crippen LogP contribution is 2.24. The van der Waals surface area contributed by atoms with Crippen LogP contribution in [0.5, 0.6) is 0 Å². The Labute approximate surface area is 307 Å². The summed E-state index contributed by atoms with van der Waals surface area (Å²) in [5.41, 5.74) is 11.0. The van der Waals surface area contributed by atoms with Crippen LogP contribution in [0.2, 0.25) is 0 Å². The quantitative estimate of drug-likeness (QED) is 0.138. The van der Waals surface area contributed by atoms with Gasteiger partial charge in [-0.2, -0.15) is 0 Å². The summed E-state index contributed by atoms with van der Waals surface area (Å²) < 4.78 is 5.93. The highest BCUT2D eigenvalue weighted by Gasteiger charge is 2.38. The molecule has 2 aliphatic heterocycles. The monoisotopic (exact) mass is 723 g/mol. The first-order chi connectivity index (χ1) is 24.6. The molecule has 0 aliphatic carbocycles. The number of esters is 1. The third kappa shape index (κ3) is 12.1. The summed E-state index contributed by atoms with van der Waals surface area (Å²) in [6.45, 7) is 10.4. The van der Waals surface area contributed by atoms with E-state index in [1.54, 1.807) is 63.3 Å². The van der Waals surface area contributed by atoms with Gasteiger partial charge in [0.15, 0.2) is 0 Å². The SMILES string of the molecule is C/C=C(\C)[C@@H]1C/C=C/C=C/[C@H](O)[C@H](C)[C@@H](O)[C@@H](CCC(C)=O)C(=O)N[C@@H](C(C)C)C(=O)N[C@@H](Cc2cccc(N)c2)C(=O)N2CCCC(N2)C(=O)O1. The van der Waals surface area contributed by atoms with Crippen molar-refractivity contribution in [3.8, 4) is 0 Å². The van der Waals surface area contributed by atoms with Crippen LogP contribution >= 0.6 is 0 Å². The van der Waals surface area contributed by atoms with Gasteiger partial charge < -0.3 is 36.1 Å². The Balaban J connectivity index is 2.05. The fourth-order valence-corrected chi connectivity index (χ4v) is 6.27. The Morgan fingerprint density at radius 2 is 1.83 bits per heavy atom. The standard InChI is InChI=1S/C39H57N5O8/c1-7-24(4)33-17-10-8-9-16-32(46)26(6)35(47)29(19-18-25(5)45)36(48)42-34(23(2)3)37(49)41-31(22-27-13-11-14-28(40)21-27)38(50)44-20-12-15-30(43-44)39(51)52-33/h7-11,13-14,16,21,23,26,29-35,43,46-47H,12,15,17-20,22,40H2,1-6H3,(H,41,49)(H,42,48)/b10-8+,16-9+,24-7+/t26-,29+,30?,31-,32-,33-,34-,35+/m0/s1. The third-order valence-electron chi connectivity index (χ3n) is 9.75. The maximum Gasteiger partial charge on any atom is 0.325 e. The molecule has 1 saturated heterocycles. The van der Waals surface area contributed by atoms with Crippen LogP contribution in [0.3, 0.4) is 0 Å². The van der Waals surface area contributed by atoms with E-state index in [4.69, 9.17) is 10.5 Å². The molecule has 2 heterocycles. The van der Waals surface area contributed by atoms with Crippen molar-refractivity contribution in [1.82, 2.24) is 21.1 Å². The van der Waals surface area contributed by atoms with E-state index in [-0.39, 0.29) is 31.6 Å². The number of nitrogens with two attached hydrogens (primary N) is 1. The number of anilines is 1. The van der Waals surface area contributed by atoms with Gasteiger partial charge in [0.25, 0.3) is 5.91 Å².